The van der Waals surface area contributed by atoms with Gasteiger partial charge in [0.1, 0.15) is 11.6 Å². The summed E-state index contributed by atoms with van der Waals surface area (Å²) < 4.78 is 0. The lowest BCUT2D eigenvalue weighted by Gasteiger charge is -2.32. The Bertz CT molecular complexity index is 332. The van der Waals surface area contributed by atoms with E-state index in [1.165, 1.54) is 12.6 Å². The number of nitrogen functional groups attached to an aromatic ring is 1. The molecule has 1 aromatic rings. The zero-order valence-electron chi connectivity index (χ0n) is 9.32. The first-order valence-corrected chi connectivity index (χ1v) is 5.72. The lowest BCUT2D eigenvalue weighted by molar-refractivity contribution is 0.0166. The summed E-state index contributed by atoms with van der Waals surface area (Å²) in [6.45, 7) is 0.533. The molecule has 16 heavy (non-hydrogen) atoms. The highest BCUT2D eigenvalue weighted by Crippen LogP contribution is 2.27. The summed E-state index contributed by atoms with van der Waals surface area (Å²) in [7, 11) is 0. The SMILES string of the molecule is Nc1cnc(NCC2(O)CCCCC2)cn1. The normalized spacial score (nSPS) is 19.3. The topological polar surface area (TPSA) is 84.1 Å². The Balaban J connectivity index is 1.88. The van der Waals surface area contributed by atoms with E-state index in [1.807, 2.05) is 0 Å². The minimum atomic E-state index is -0.582. The van der Waals surface area contributed by atoms with E-state index in [2.05, 4.69) is 15.3 Å². The first-order valence-electron chi connectivity index (χ1n) is 5.72. The molecule has 0 aromatic carbocycles. The molecule has 2 rings (SSSR count). The standard InChI is InChI=1S/C11H18N4O/c12-9-6-14-10(7-13-9)15-8-11(16)4-2-1-3-5-11/h6-7,16H,1-5,8H2,(H2,12,13)(H,14,15). The van der Waals surface area contributed by atoms with E-state index in [1.54, 1.807) is 6.20 Å². The molecule has 1 fully saturated rings. The van der Waals surface area contributed by atoms with Crippen LogP contribution >= 0.6 is 0 Å². The number of hydrogen-bond acceptors (Lipinski definition) is 5. The van der Waals surface area contributed by atoms with Gasteiger partial charge < -0.3 is 16.2 Å². The monoisotopic (exact) mass is 222 g/mol. The van der Waals surface area contributed by atoms with Crippen LogP contribution in [0.25, 0.3) is 0 Å². The Morgan fingerprint density at radius 3 is 2.62 bits per heavy atom. The van der Waals surface area contributed by atoms with E-state index in [4.69, 9.17) is 5.73 Å². The molecule has 0 amide bonds. The molecule has 0 radical (unpaired) electrons. The van der Waals surface area contributed by atoms with Gasteiger partial charge in [-0.25, -0.2) is 9.97 Å². The van der Waals surface area contributed by atoms with Gasteiger partial charge in [-0.05, 0) is 12.8 Å². The van der Waals surface area contributed by atoms with Crippen molar-refractivity contribution in [1.82, 2.24) is 9.97 Å². The molecular weight excluding hydrogens is 204 g/mol. The van der Waals surface area contributed by atoms with Gasteiger partial charge in [-0.2, -0.15) is 0 Å². The third-order valence-corrected chi connectivity index (χ3v) is 3.05. The fraction of sp³-hybridized carbons (Fsp3) is 0.636. The fourth-order valence-electron chi connectivity index (χ4n) is 2.07. The van der Waals surface area contributed by atoms with Gasteiger partial charge >= 0.3 is 0 Å². The van der Waals surface area contributed by atoms with Crippen LogP contribution in [-0.4, -0.2) is 27.2 Å². The predicted octanol–water partition coefficient (Wildman–Crippen LogP) is 1.17. The first kappa shape index (κ1) is 11.1. The second kappa shape index (κ2) is 4.65. The molecule has 1 saturated carbocycles. The molecule has 1 aliphatic rings. The molecule has 0 atom stereocenters. The van der Waals surface area contributed by atoms with Crippen LogP contribution in [0.2, 0.25) is 0 Å². The Kier molecular flexibility index (Phi) is 3.24. The van der Waals surface area contributed by atoms with Crippen LogP contribution in [-0.2, 0) is 0 Å². The Morgan fingerprint density at radius 2 is 2.00 bits per heavy atom. The molecule has 0 bridgehead atoms. The number of aliphatic hydroxyl groups is 1. The summed E-state index contributed by atoms with van der Waals surface area (Å²) in [6, 6.07) is 0. The van der Waals surface area contributed by atoms with Gasteiger partial charge in [0.25, 0.3) is 0 Å². The van der Waals surface area contributed by atoms with Crippen LogP contribution in [0.3, 0.4) is 0 Å². The molecule has 0 aliphatic heterocycles. The van der Waals surface area contributed by atoms with Gasteiger partial charge in [-0.15, -0.1) is 0 Å². The molecule has 0 saturated heterocycles. The molecular formula is C11H18N4O. The van der Waals surface area contributed by atoms with Gasteiger partial charge in [0.2, 0.25) is 0 Å². The summed E-state index contributed by atoms with van der Waals surface area (Å²) in [5.74, 6) is 1.06. The van der Waals surface area contributed by atoms with Crippen LogP contribution < -0.4 is 11.1 Å². The second-order valence-corrected chi connectivity index (χ2v) is 4.47. The van der Waals surface area contributed by atoms with Gasteiger partial charge in [0.15, 0.2) is 0 Å². The minimum absolute atomic E-state index is 0.405. The summed E-state index contributed by atoms with van der Waals surface area (Å²) >= 11 is 0. The number of aromatic nitrogens is 2. The van der Waals surface area contributed by atoms with Crippen molar-refractivity contribution in [3.05, 3.63) is 12.4 Å². The van der Waals surface area contributed by atoms with Crippen molar-refractivity contribution >= 4 is 11.6 Å². The Morgan fingerprint density at radius 1 is 1.25 bits per heavy atom. The lowest BCUT2D eigenvalue weighted by atomic mass is 9.85. The van der Waals surface area contributed by atoms with E-state index in [0.717, 1.165) is 25.7 Å². The number of nitrogens with two attached hydrogens (primary N) is 1. The van der Waals surface area contributed by atoms with Gasteiger partial charge in [-0.1, -0.05) is 19.3 Å². The van der Waals surface area contributed by atoms with Crippen molar-refractivity contribution in [3.8, 4) is 0 Å². The average Bonchev–Trinajstić information content (AvgIpc) is 2.29. The third kappa shape index (κ3) is 2.82. The smallest absolute Gasteiger partial charge is 0.144 e. The number of nitrogens with one attached hydrogen (secondary N) is 1. The summed E-state index contributed by atoms with van der Waals surface area (Å²) in [5.41, 5.74) is 4.86. The molecule has 0 spiro atoms. The number of nitrogens with zero attached hydrogens (tertiary/aromatic N) is 2. The maximum Gasteiger partial charge on any atom is 0.144 e. The van der Waals surface area contributed by atoms with Gasteiger partial charge in [-0.3, -0.25) is 0 Å². The highest BCUT2D eigenvalue weighted by Gasteiger charge is 2.28. The minimum Gasteiger partial charge on any atom is -0.388 e. The Hall–Kier alpha value is -1.36. The highest BCUT2D eigenvalue weighted by atomic mass is 16.3. The van der Waals surface area contributed by atoms with Crippen molar-refractivity contribution in [2.45, 2.75) is 37.7 Å². The van der Waals surface area contributed by atoms with Gasteiger partial charge in [0, 0.05) is 6.54 Å². The maximum absolute atomic E-state index is 10.3. The zero-order valence-corrected chi connectivity index (χ0v) is 9.32. The first-order chi connectivity index (χ1) is 7.68. The molecule has 1 aliphatic carbocycles. The van der Waals surface area contributed by atoms with Crippen molar-refractivity contribution in [2.24, 2.45) is 0 Å². The van der Waals surface area contributed by atoms with E-state index in [-0.39, 0.29) is 0 Å². The summed E-state index contributed by atoms with van der Waals surface area (Å²) in [6.07, 6.45) is 8.25. The molecule has 88 valence electrons. The third-order valence-electron chi connectivity index (χ3n) is 3.05. The van der Waals surface area contributed by atoms with Crippen molar-refractivity contribution in [1.29, 1.82) is 0 Å². The fourth-order valence-corrected chi connectivity index (χ4v) is 2.07. The quantitative estimate of drug-likeness (QED) is 0.715. The average molecular weight is 222 g/mol. The van der Waals surface area contributed by atoms with Crippen molar-refractivity contribution < 1.29 is 5.11 Å². The van der Waals surface area contributed by atoms with E-state index in [0.29, 0.717) is 18.2 Å². The molecule has 5 heteroatoms. The van der Waals surface area contributed by atoms with Crippen LogP contribution in [0.1, 0.15) is 32.1 Å². The van der Waals surface area contributed by atoms with Crippen LogP contribution in [0.15, 0.2) is 12.4 Å². The van der Waals surface area contributed by atoms with Gasteiger partial charge in [0.05, 0.1) is 18.0 Å². The highest BCUT2D eigenvalue weighted by molar-refractivity contribution is 5.36. The molecule has 1 aromatic heterocycles. The van der Waals surface area contributed by atoms with E-state index < -0.39 is 5.60 Å². The lowest BCUT2D eigenvalue weighted by Crippen LogP contribution is -2.38. The van der Waals surface area contributed by atoms with Crippen LogP contribution in [0.5, 0.6) is 0 Å². The Labute approximate surface area is 95.1 Å². The largest absolute Gasteiger partial charge is 0.388 e. The summed E-state index contributed by atoms with van der Waals surface area (Å²) in [4.78, 5) is 8.02. The van der Waals surface area contributed by atoms with E-state index >= 15 is 0 Å². The predicted molar refractivity (Wildman–Crippen MR) is 63.0 cm³/mol. The summed E-state index contributed by atoms with van der Waals surface area (Å²) in [5, 5.41) is 13.4. The van der Waals surface area contributed by atoms with Crippen molar-refractivity contribution in [2.75, 3.05) is 17.6 Å². The van der Waals surface area contributed by atoms with Crippen molar-refractivity contribution in [3.63, 3.8) is 0 Å². The number of anilines is 2. The zero-order chi connectivity index (χ0) is 11.4. The second-order valence-electron chi connectivity index (χ2n) is 4.47. The molecule has 5 nitrogen and oxygen atoms in total. The number of rotatable bonds is 3. The molecule has 1 heterocycles. The van der Waals surface area contributed by atoms with E-state index in [9.17, 15) is 5.11 Å². The molecule has 0 unspecified atom stereocenters. The van der Waals surface area contributed by atoms with Crippen LogP contribution in [0.4, 0.5) is 11.6 Å². The van der Waals surface area contributed by atoms with Crippen LogP contribution in [0, 0.1) is 0 Å². The number of hydrogen-bond donors (Lipinski definition) is 3. The maximum atomic E-state index is 10.3. The molecule has 4 N–H and O–H groups in total.